The largest absolute Gasteiger partial charge is 0.166 e. The first-order chi connectivity index (χ1) is 3.43. The molecule has 0 fully saturated rings. The van der Waals surface area contributed by atoms with E-state index in [4.69, 9.17) is 0 Å². The van der Waals surface area contributed by atoms with Crippen LogP contribution >= 0.6 is 21.6 Å². The molecule has 1 heterocycles. The van der Waals surface area contributed by atoms with Crippen LogP contribution in [-0.4, -0.2) is 5.37 Å². The van der Waals surface area contributed by atoms with Crippen molar-refractivity contribution in [2.45, 2.75) is 5.37 Å². The summed E-state index contributed by atoms with van der Waals surface area (Å²) in [5, 5.41) is 4.53. The lowest BCUT2D eigenvalue weighted by atomic mass is 10.6. The molecule has 0 spiro atoms. The van der Waals surface area contributed by atoms with Crippen LogP contribution in [0.3, 0.4) is 0 Å². The highest BCUT2D eigenvalue weighted by Gasteiger charge is 2.08. The molecule has 2 nitrogen and oxygen atoms in total. The Bertz CT molecular complexity index is 103. The van der Waals surface area contributed by atoms with Gasteiger partial charge in [0.1, 0.15) is 0 Å². The van der Waals surface area contributed by atoms with Gasteiger partial charge in [-0.3, -0.25) is 0 Å². The van der Waals surface area contributed by atoms with Crippen molar-refractivity contribution in [3.63, 3.8) is 0 Å². The van der Waals surface area contributed by atoms with Crippen molar-refractivity contribution in [3.05, 3.63) is 16.4 Å². The van der Waals surface area contributed by atoms with Crippen molar-refractivity contribution in [2.24, 2.45) is 5.18 Å². The Kier molecular flexibility index (Phi) is 1.76. The second-order valence-electron chi connectivity index (χ2n) is 1.02. The normalized spacial score (nSPS) is 28.3. The Morgan fingerprint density at radius 2 is 2.57 bits per heavy atom. The van der Waals surface area contributed by atoms with Crippen molar-refractivity contribution >= 4 is 21.6 Å². The summed E-state index contributed by atoms with van der Waals surface area (Å²) in [5.74, 6) is 0. The van der Waals surface area contributed by atoms with Gasteiger partial charge in [0.05, 0.1) is 0 Å². The molecule has 0 amide bonds. The van der Waals surface area contributed by atoms with E-state index in [0.29, 0.717) is 0 Å². The van der Waals surface area contributed by atoms with Crippen molar-refractivity contribution in [1.82, 2.24) is 0 Å². The van der Waals surface area contributed by atoms with Gasteiger partial charge >= 0.3 is 0 Å². The lowest BCUT2D eigenvalue weighted by Crippen LogP contribution is -1.81. The maximum atomic E-state index is 9.67. The molecule has 1 unspecified atom stereocenters. The number of rotatable bonds is 1. The molecular weight excluding hydrogens is 130 g/mol. The van der Waals surface area contributed by atoms with Crippen molar-refractivity contribution in [1.29, 1.82) is 0 Å². The highest BCUT2D eigenvalue weighted by Crippen LogP contribution is 2.35. The summed E-state index contributed by atoms with van der Waals surface area (Å²) in [5.41, 5.74) is 0. The molecule has 0 saturated carbocycles. The SMILES string of the molecule is O=NC1C=CSS1. The molecule has 0 saturated heterocycles. The maximum absolute atomic E-state index is 9.67. The highest BCUT2D eigenvalue weighted by molar-refractivity contribution is 8.78. The molecule has 0 aliphatic carbocycles. The van der Waals surface area contributed by atoms with E-state index in [0.717, 1.165) is 0 Å². The van der Waals surface area contributed by atoms with E-state index in [9.17, 15) is 4.91 Å². The Morgan fingerprint density at radius 3 is 2.86 bits per heavy atom. The van der Waals surface area contributed by atoms with Gasteiger partial charge in [0.25, 0.3) is 0 Å². The lowest BCUT2D eigenvalue weighted by molar-refractivity contribution is 1.16. The summed E-state index contributed by atoms with van der Waals surface area (Å²) in [6, 6.07) is 0. The zero-order valence-corrected chi connectivity index (χ0v) is 5.04. The second kappa shape index (κ2) is 2.37. The van der Waals surface area contributed by atoms with Gasteiger partial charge < -0.3 is 0 Å². The summed E-state index contributed by atoms with van der Waals surface area (Å²) in [4.78, 5) is 9.67. The molecule has 0 aromatic rings. The average Bonchev–Trinajstić information content (AvgIpc) is 2.14. The first kappa shape index (κ1) is 5.18. The van der Waals surface area contributed by atoms with Gasteiger partial charge in [-0.1, -0.05) is 26.8 Å². The molecule has 1 aliphatic rings. The second-order valence-corrected chi connectivity index (χ2v) is 3.31. The van der Waals surface area contributed by atoms with Gasteiger partial charge in [0.15, 0.2) is 5.37 Å². The van der Waals surface area contributed by atoms with E-state index in [1.165, 1.54) is 10.8 Å². The van der Waals surface area contributed by atoms with Crippen molar-refractivity contribution in [2.75, 3.05) is 0 Å². The maximum Gasteiger partial charge on any atom is 0.166 e. The minimum absolute atomic E-state index is 0.134. The minimum Gasteiger partial charge on any atom is -0.149 e. The van der Waals surface area contributed by atoms with Crippen LogP contribution in [-0.2, 0) is 0 Å². The van der Waals surface area contributed by atoms with Crippen LogP contribution in [0.15, 0.2) is 16.7 Å². The average molecular weight is 133 g/mol. The molecule has 0 bridgehead atoms. The number of hydrogen-bond acceptors (Lipinski definition) is 4. The van der Waals surface area contributed by atoms with E-state index in [1.807, 2.05) is 5.41 Å². The fraction of sp³-hybridized carbons (Fsp3) is 0.333. The van der Waals surface area contributed by atoms with Crippen LogP contribution < -0.4 is 0 Å². The van der Waals surface area contributed by atoms with Crippen molar-refractivity contribution in [3.8, 4) is 0 Å². The van der Waals surface area contributed by atoms with E-state index in [-0.39, 0.29) is 5.37 Å². The molecule has 0 aromatic heterocycles. The number of hydrogen-bond donors (Lipinski definition) is 0. The summed E-state index contributed by atoms with van der Waals surface area (Å²) < 4.78 is 0. The lowest BCUT2D eigenvalue weighted by Gasteiger charge is -1.85. The van der Waals surface area contributed by atoms with Crippen LogP contribution in [0.25, 0.3) is 0 Å². The highest BCUT2D eigenvalue weighted by atomic mass is 33.1. The quantitative estimate of drug-likeness (QED) is 0.404. The molecule has 4 heteroatoms. The van der Waals surface area contributed by atoms with Gasteiger partial charge in [0, 0.05) is 0 Å². The van der Waals surface area contributed by atoms with E-state index in [1.54, 1.807) is 16.9 Å². The van der Waals surface area contributed by atoms with Gasteiger partial charge in [-0.05, 0) is 11.5 Å². The van der Waals surface area contributed by atoms with Crippen LogP contribution in [0.4, 0.5) is 0 Å². The van der Waals surface area contributed by atoms with E-state index in [2.05, 4.69) is 5.18 Å². The molecule has 0 aromatic carbocycles. The third-order valence-electron chi connectivity index (χ3n) is 0.557. The Hall–Kier alpha value is 0.0400. The number of nitroso groups, excluding NO2 is 1. The fourth-order valence-electron chi connectivity index (χ4n) is 0.273. The van der Waals surface area contributed by atoms with Gasteiger partial charge in [-0.15, -0.1) is 4.91 Å². The monoisotopic (exact) mass is 133 g/mol. The summed E-state index contributed by atoms with van der Waals surface area (Å²) >= 11 is 0. The molecule has 1 rings (SSSR count). The number of nitrogens with zero attached hydrogens (tertiary/aromatic N) is 1. The van der Waals surface area contributed by atoms with Gasteiger partial charge in [-0.2, -0.15) is 0 Å². The molecular formula is C3H3NOS2. The molecule has 0 N–H and O–H groups in total. The summed E-state index contributed by atoms with van der Waals surface area (Å²) in [6.07, 6.45) is 1.78. The van der Waals surface area contributed by atoms with Gasteiger partial charge in [-0.25, -0.2) is 0 Å². The fourth-order valence-corrected chi connectivity index (χ4v) is 1.97. The third kappa shape index (κ3) is 1.21. The third-order valence-corrected chi connectivity index (χ3v) is 2.63. The Balaban J connectivity index is 2.42. The van der Waals surface area contributed by atoms with Crippen LogP contribution in [0.5, 0.6) is 0 Å². The molecule has 7 heavy (non-hydrogen) atoms. The smallest absolute Gasteiger partial charge is 0.149 e. The van der Waals surface area contributed by atoms with E-state index < -0.39 is 0 Å². The predicted molar refractivity (Wildman–Crippen MR) is 33.9 cm³/mol. The minimum atomic E-state index is -0.134. The predicted octanol–water partition coefficient (Wildman–Crippen LogP) is 1.99. The zero-order valence-electron chi connectivity index (χ0n) is 3.40. The van der Waals surface area contributed by atoms with Crippen LogP contribution in [0.1, 0.15) is 0 Å². The first-order valence-corrected chi connectivity index (χ1v) is 4.02. The molecule has 1 atom stereocenters. The Morgan fingerprint density at radius 1 is 1.71 bits per heavy atom. The zero-order chi connectivity index (χ0) is 5.11. The first-order valence-electron chi connectivity index (χ1n) is 1.75. The van der Waals surface area contributed by atoms with Crippen LogP contribution in [0.2, 0.25) is 0 Å². The topological polar surface area (TPSA) is 29.4 Å². The molecule has 38 valence electrons. The standard InChI is InChI=1S/C3H3NOS2/c5-4-3-1-2-6-7-3/h1-3H. The molecule has 1 aliphatic heterocycles. The summed E-state index contributed by atoms with van der Waals surface area (Å²) in [6.45, 7) is 0. The molecule has 0 radical (unpaired) electrons. The Labute approximate surface area is 49.1 Å². The summed E-state index contributed by atoms with van der Waals surface area (Å²) in [7, 11) is 3.02. The van der Waals surface area contributed by atoms with Crippen LogP contribution in [0, 0.1) is 4.91 Å². The van der Waals surface area contributed by atoms with Crippen molar-refractivity contribution < 1.29 is 0 Å². The van der Waals surface area contributed by atoms with Gasteiger partial charge in [0.2, 0.25) is 0 Å². The van der Waals surface area contributed by atoms with E-state index >= 15 is 0 Å².